The number of carbonyl (C=O) groups excluding carboxylic acids is 2. The van der Waals surface area contributed by atoms with Crippen LogP contribution in [0, 0.1) is 11.7 Å². The van der Waals surface area contributed by atoms with Gasteiger partial charge in [-0.15, -0.1) is 0 Å². The number of rotatable bonds is 4. The van der Waals surface area contributed by atoms with Gasteiger partial charge in [-0.1, -0.05) is 12.1 Å². The third kappa shape index (κ3) is 6.02. The van der Waals surface area contributed by atoms with Crippen molar-refractivity contribution in [3.8, 4) is 5.75 Å². The summed E-state index contributed by atoms with van der Waals surface area (Å²) in [5.41, 5.74) is 1.41. The van der Waals surface area contributed by atoms with E-state index in [0.29, 0.717) is 28.5 Å². The largest absolute Gasteiger partial charge is 0.506 e. The summed E-state index contributed by atoms with van der Waals surface area (Å²) in [7, 11) is 3.56. The molecule has 9 heteroatoms. The molecule has 0 aromatic heterocycles. The van der Waals surface area contributed by atoms with Gasteiger partial charge in [0.25, 0.3) is 0 Å². The van der Waals surface area contributed by atoms with Gasteiger partial charge in [0.2, 0.25) is 5.91 Å². The summed E-state index contributed by atoms with van der Waals surface area (Å²) in [5.74, 6) is -2.62. The molecule has 0 radical (unpaired) electrons. The fourth-order valence-electron chi connectivity index (χ4n) is 3.70. The van der Waals surface area contributed by atoms with E-state index in [0.717, 1.165) is 5.56 Å². The maximum absolute atomic E-state index is 13.8. The molecule has 34 heavy (non-hydrogen) atoms. The van der Waals surface area contributed by atoms with Crippen molar-refractivity contribution < 1.29 is 23.8 Å². The molecule has 1 heterocycles. The van der Waals surface area contributed by atoms with Gasteiger partial charge in [-0.3, -0.25) is 9.59 Å². The van der Waals surface area contributed by atoms with Crippen LogP contribution in [0.2, 0.25) is 0 Å². The number of phenolic OH excluding ortho intramolecular Hbond substituents is 1. The lowest BCUT2D eigenvalue weighted by Gasteiger charge is -2.28. The zero-order chi connectivity index (χ0) is 25.2. The lowest BCUT2D eigenvalue weighted by Crippen LogP contribution is -2.41. The van der Waals surface area contributed by atoms with E-state index in [1.807, 2.05) is 0 Å². The van der Waals surface area contributed by atoms with Gasteiger partial charge in [0.1, 0.15) is 23.1 Å². The molecule has 7 nitrogen and oxygen atoms in total. The maximum Gasteiger partial charge on any atom is 0.319 e. The van der Waals surface area contributed by atoms with Crippen molar-refractivity contribution in [3.05, 3.63) is 53.3 Å². The topological polar surface area (TPSA) is 82.1 Å². The molecular formula is C25H30FN3O4S. The highest BCUT2D eigenvalue weighted by Gasteiger charge is 2.38. The zero-order valence-corrected chi connectivity index (χ0v) is 20.8. The summed E-state index contributed by atoms with van der Waals surface area (Å²) in [6.07, 6.45) is 0.636. The Morgan fingerprint density at radius 3 is 2.62 bits per heavy atom. The van der Waals surface area contributed by atoms with Crippen molar-refractivity contribution in [2.75, 3.05) is 24.3 Å². The molecule has 1 atom stereocenters. The van der Waals surface area contributed by atoms with E-state index in [2.05, 4.69) is 5.32 Å². The molecule has 0 spiro atoms. The van der Waals surface area contributed by atoms with Gasteiger partial charge in [-0.25, -0.2) is 4.39 Å². The highest BCUT2D eigenvalue weighted by atomic mass is 32.1. The number of nitrogens with zero attached hydrogens (tertiary/aromatic N) is 2. The van der Waals surface area contributed by atoms with E-state index in [1.54, 1.807) is 58.0 Å². The molecule has 1 amide bonds. The van der Waals surface area contributed by atoms with Crippen molar-refractivity contribution in [1.29, 1.82) is 0 Å². The number of anilines is 2. The van der Waals surface area contributed by atoms with Crippen LogP contribution < -0.4 is 10.2 Å². The Labute approximate surface area is 204 Å². The van der Waals surface area contributed by atoms with Crippen LogP contribution in [0.4, 0.5) is 15.8 Å². The normalized spacial score (nSPS) is 15.9. The van der Waals surface area contributed by atoms with E-state index in [9.17, 15) is 19.1 Å². The molecule has 0 fully saturated rings. The SMILES string of the molecule is CN(C)C(=S)Nc1cc2c(cc1O)N(Cc1cccc(F)c1)C(=O)C(C(=O)OC(C)(C)C)CC2. The number of aryl methyl sites for hydroxylation is 1. The van der Waals surface area contributed by atoms with Crippen LogP contribution >= 0.6 is 12.2 Å². The molecule has 0 saturated carbocycles. The number of thiocarbonyl (C=S) groups is 1. The third-order valence-corrected chi connectivity index (χ3v) is 5.79. The summed E-state index contributed by atoms with van der Waals surface area (Å²) in [5, 5.41) is 14.1. The van der Waals surface area contributed by atoms with E-state index >= 15 is 0 Å². The first-order valence-electron chi connectivity index (χ1n) is 11.0. The minimum Gasteiger partial charge on any atom is -0.506 e. The molecule has 0 saturated heterocycles. The predicted molar refractivity (Wildman–Crippen MR) is 133 cm³/mol. The molecule has 3 rings (SSSR count). The Kier molecular flexibility index (Phi) is 7.45. The Balaban J connectivity index is 2.04. The summed E-state index contributed by atoms with van der Waals surface area (Å²) < 4.78 is 19.4. The quantitative estimate of drug-likeness (QED) is 0.289. The van der Waals surface area contributed by atoms with E-state index in [4.69, 9.17) is 17.0 Å². The minimum atomic E-state index is -1.03. The molecular weight excluding hydrogens is 457 g/mol. The van der Waals surface area contributed by atoms with Crippen LogP contribution in [-0.4, -0.2) is 46.7 Å². The Bertz CT molecular complexity index is 1110. The highest BCUT2D eigenvalue weighted by Crippen LogP contribution is 2.38. The fourth-order valence-corrected chi connectivity index (χ4v) is 3.81. The molecule has 0 bridgehead atoms. The van der Waals surface area contributed by atoms with Crippen molar-refractivity contribution in [3.63, 3.8) is 0 Å². The third-order valence-electron chi connectivity index (χ3n) is 5.32. The number of esters is 1. The molecule has 2 aromatic carbocycles. The number of fused-ring (bicyclic) bond motifs is 1. The maximum atomic E-state index is 13.8. The van der Waals surface area contributed by atoms with Gasteiger partial charge in [0.15, 0.2) is 5.11 Å². The Hall–Kier alpha value is -3.20. The fraction of sp³-hybridized carbons (Fsp3) is 0.400. The molecule has 1 aliphatic rings. The first-order chi connectivity index (χ1) is 15.9. The van der Waals surface area contributed by atoms with Gasteiger partial charge in [-0.05, 0) is 75.2 Å². The number of amides is 1. The second-order valence-electron chi connectivity index (χ2n) is 9.50. The number of hydrogen-bond acceptors (Lipinski definition) is 5. The lowest BCUT2D eigenvalue weighted by molar-refractivity contribution is -0.162. The summed E-state index contributed by atoms with van der Waals surface area (Å²) >= 11 is 5.29. The monoisotopic (exact) mass is 487 g/mol. The summed E-state index contributed by atoms with van der Waals surface area (Å²) in [6.45, 7) is 5.27. The van der Waals surface area contributed by atoms with Crippen LogP contribution in [0.1, 0.15) is 38.3 Å². The summed E-state index contributed by atoms with van der Waals surface area (Å²) in [4.78, 5) is 29.6. The number of nitrogens with one attached hydrogen (secondary N) is 1. The minimum absolute atomic E-state index is 0.0330. The van der Waals surface area contributed by atoms with Crippen LogP contribution in [0.25, 0.3) is 0 Å². The standard InChI is InChI=1S/C25H30FN3O4S/c1-25(2,3)33-23(32)18-10-9-16-12-19(27-24(34)28(4)5)21(30)13-20(16)29(22(18)31)14-15-7-6-8-17(26)11-15/h6-8,11-13,18,30H,9-10,14H2,1-5H3,(H,27,34). The lowest BCUT2D eigenvalue weighted by atomic mass is 9.99. The van der Waals surface area contributed by atoms with Gasteiger partial charge in [0, 0.05) is 20.2 Å². The smallest absolute Gasteiger partial charge is 0.319 e. The van der Waals surface area contributed by atoms with Gasteiger partial charge >= 0.3 is 5.97 Å². The summed E-state index contributed by atoms with van der Waals surface area (Å²) in [6, 6.07) is 9.13. The molecule has 182 valence electrons. The molecule has 1 unspecified atom stereocenters. The van der Waals surface area contributed by atoms with Gasteiger partial charge in [0.05, 0.1) is 17.9 Å². The average molecular weight is 488 g/mol. The molecule has 1 aliphatic heterocycles. The van der Waals surface area contributed by atoms with Crippen LogP contribution in [0.3, 0.4) is 0 Å². The number of halogens is 1. The number of phenols is 1. The second-order valence-corrected chi connectivity index (χ2v) is 9.89. The van der Waals surface area contributed by atoms with E-state index in [1.165, 1.54) is 23.1 Å². The number of aromatic hydroxyl groups is 1. The van der Waals surface area contributed by atoms with E-state index < -0.39 is 29.2 Å². The Morgan fingerprint density at radius 2 is 2.00 bits per heavy atom. The van der Waals surface area contributed by atoms with E-state index in [-0.39, 0.29) is 18.7 Å². The second kappa shape index (κ2) is 9.97. The first kappa shape index (κ1) is 25.4. The van der Waals surface area contributed by atoms with Crippen LogP contribution in [0.5, 0.6) is 5.75 Å². The molecule has 0 aliphatic carbocycles. The Morgan fingerprint density at radius 1 is 1.29 bits per heavy atom. The van der Waals surface area contributed by atoms with Crippen molar-refractivity contribution in [1.82, 2.24) is 4.90 Å². The number of hydrogen-bond donors (Lipinski definition) is 2. The number of ether oxygens (including phenoxy) is 1. The highest BCUT2D eigenvalue weighted by molar-refractivity contribution is 7.80. The van der Waals surface area contributed by atoms with Crippen molar-refractivity contribution >= 4 is 40.6 Å². The van der Waals surface area contributed by atoms with Crippen LogP contribution in [0.15, 0.2) is 36.4 Å². The predicted octanol–water partition coefficient (Wildman–Crippen LogP) is 4.23. The first-order valence-corrected chi connectivity index (χ1v) is 11.4. The van der Waals surface area contributed by atoms with Gasteiger partial charge < -0.3 is 25.0 Å². The zero-order valence-electron chi connectivity index (χ0n) is 20.0. The van der Waals surface area contributed by atoms with Gasteiger partial charge in [-0.2, -0.15) is 0 Å². The average Bonchev–Trinajstić information content (AvgIpc) is 2.84. The molecule has 2 N–H and O–H groups in total. The van der Waals surface area contributed by atoms with Crippen molar-refractivity contribution in [2.45, 2.75) is 45.8 Å². The number of carbonyl (C=O) groups is 2. The molecule has 2 aromatic rings. The van der Waals surface area contributed by atoms with Crippen LogP contribution in [-0.2, 0) is 27.3 Å². The van der Waals surface area contributed by atoms with Crippen molar-refractivity contribution in [2.24, 2.45) is 5.92 Å². The number of benzene rings is 2.